The smallest absolute Gasteiger partial charge is 0.144 e. The molecule has 0 saturated heterocycles. The van der Waals surface area contributed by atoms with Crippen molar-refractivity contribution in [2.45, 2.75) is 32.3 Å². The van der Waals surface area contributed by atoms with Gasteiger partial charge in [0.25, 0.3) is 0 Å². The number of fused-ring (bicyclic) bond motifs is 1. The standard InChI is InChI=1S/C22H28N8O2Si/c1-31-19-10-16-15(18(30-29-16)12-32-7-8-33(2,3)4)9-17(19)27-21-11-22(26-14-25-21)28-20-5-6-23-13-24-20/h5-6,9-11,13-14H,7-8,12H2,1-4H3,(H,29,30)(H2,23,24,25,26,27,28). The van der Waals surface area contributed by atoms with Crippen molar-refractivity contribution in [3.8, 4) is 5.75 Å². The minimum Gasteiger partial charge on any atom is -0.494 e. The van der Waals surface area contributed by atoms with E-state index in [9.17, 15) is 0 Å². The van der Waals surface area contributed by atoms with E-state index in [1.165, 1.54) is 12.7 Å². The van der Waals surface area contributed by atoms with Gasteiger partial charge in [0, 0.05) is 38.4 Å². The molecule has 0 fully saturated rings. The van der Waals surface area contributed by atoms with Crippen LogP contribution in [-0.4, -0.2) is 51.9 Å². The molecular formula is C22H28N8O2Si. The third-order valence-electron chi connectivity index (χ3n) is 4.96. The summed E-state index contributed by atoms with van der Waals surface area (Å²) >= 11 is 0. The Morgan fingerprint density at radius 1 is 0.970 bits per heavy atom. The fourth-order valence-corrected chi connectivity index (χ4v) is 3.91. The molecule has 10 nitrogen and oxygen atoms in total. The van der Waals surface area contributed by atoms with Crippen molar-refractivity contribution in [3.05, 3.63) is 48.8 Å². The molecule has 1 aromatic carbocycles. The predicted octanol–water partition coefficient (Wildman–Crippen LogP) is 4.49. The van der Waals surface area contributed by atoms with E-state index in [1.54, 1.807) is 25.4 Å². The van der Waals surface area contributed by atoms with E-state index in [4.69, 9.17) is 9.47 Å². The van der Waals surface area contributed by atoms with Crippen molar-refractivity contribution >= 4 is 42.1 Å². The molecule has 33 heavy (non-hydrogen) atoms. The van der Waals surface area contributed by atoms with Crippen molar-refractivity contribution in [1.82, 2.24) is 30.1 Å². The zero-order chi connectivity index (χ0) is 23.3. The molecule has 0 spiro atoms. The maximum Gasteiger partial charge on any atom is 0.144 e. The number of benzene rings is 1. The first-order valence-electron chi connectivity index (χ1n) is 10.7. The second-order valence-corrected chi connectivity index (χ2v) is 14.4. The average Bonchev–Trinajstić information content (AvgIpc) is 3.18. The van der Waals surface area contributed by atoms with E-state index in [0.717, 1.165) is 34.9 Å². The predicted molar refractivity (Wildman–Crippen MR) is 131 cm³/mol. The Bertz CT molecular complexity index is 1210. The maximum absolute atomic E-state index is 5.91. The molecule has 3 N–H and O–H groups in total. The summed E-state index contributed by atoms with van der Waals surface area (Å²) in [5.41, 5.74) is 2.51. The second-order valence-electron chi connectivity index (χ2n) is 8.76. The van der Waals surface area contributed by atoms with Crippen LogP contribution in [-0.2, 0) is 11.3 Å². The average molecular weight is 465 g/mol. The first-order chi connectivity index (χ1) is 15.9. The highest BCUT2D eigenvalue weighted by Crippen LogP contribution is 2.33. The normalized spacial score (nSPS) is 11.5. The molecule has 0 radical (unpaired) electrons. The summed E-state index contributed by atoms with van der Waals surface area (Å²) in [6.07, 6.45) is 4.61. The van der Waals surface area contributed by atoms with Gasteiger partial charge in [0.15, 0.2) is 0 Å². The van der Waals surface area contributed by atoms with Crippen molar-refractivity contribution in [3.63, 3.8) is 0 Å². The molecule has 0 aliphatic rings. The van der Waals surface area contributed by atoms with Gasteiger partial charge in [0.05, 0.1) is 30.6 Å². The van der Waals surface area contributed by atoms with E-state index in [1.807, 2.05) is 12.1 Å². The van der Waals surface area contributed by atoms with Crippen molar-refractivity contribution in [2.75, 3.05) is 24.4 Å². The first-order valence-corrected chi connectivity index (χ1v) is 14.4. The van der Waals surface area contributed by atoms with Crippen molar-refractivity contribution in [2.24, 2.45) is 0 Å². The van der Waals surface area contributed by atoms with Crippen LogP contribution in [0.25, 0.3) is 10.9 Å². The highest BCUT2D eigenvalue weighted by molar-refractivity contribution is 6.76. The maximum atomic E-state index is 5.91. The van der Waals surface area contributed by atoms with Crippen LogP contribution in [0.1, 0.15) is 5.69 Å². The van der Waals surface area contributed by atoms with Gasteiger partial charge in [0.2, 0.25) is 0 Å². The Kier molecular flexibility index (Phi) is 6.80. The van der Waals surface area contributed by atoms with Gasteiger partial charge >= 0.3 is 0 Å². The summed E-state index contributed by atoms with van der Waals surface area (Å²) in [4.78, 5) is 16.7. The molecule has 3 heterocycles. The van der Waals surface area contributed by atoms with E-state index >= 15 is 0 Å². The largest absolute Gasteiger partial charge is 0.494 e. The fourth-order valence-electron chi connectivity index (χ4n) is 3.15. The number of nitrogens with one attached hydrogen (secondary N) is 3. The number of methoxy groups -OCH3 is 1. The summed E-state index contributed by atoms with van der Waals surface area (Å²) in [5, 5.41) is 14.9. The molecule has 3 aromatic heterocycles. The van der Waals surface area contributed by atoms with Gasteiger partial charge in [-0.05, 0) is 18.2 Å². The molecule has 0 aliphatic carbocycles. The topological polar surface area (TPSA) is 123 Å². The van der Waals surface area contributed by atoms with Crippen LogP contribution < -0.4 is 15.4 Å². The minimum atomic E-state index is -1.13. The lowest BCUT2D eigenvalue weighted by atomic mass is 10.1. The SMILES string of the molecule is COc1cc2[nH]nc(COCC[Si](C)(C)C)c2cc1Nc1cc(Nc2ccncn2)ncn1. The number of ether oxygens (including phenoxy) is 2. The van der Waals surface area contributed by atoms with Gasteiger partial charge in [-0.1, -0.05) is 19.6 Å². The monoisotopic (exact) mass is 464 g/mol. The molecule has 4 rings (SSSR count). The van der Waals surface area contributed by atoms with Gasteiger partial charge in [-0.3, -0.25) is 5.10 Å². The molecule has 0 bridgehead atoms. The Hall–Kier alpha value is -3.57. The van der Waals surface area contributed by atoms with Crippen LogP contribution in [0.5, 0.6) is 5.75 Å². The first kappa shape index (κ1) is 22.6. The number of aromatic nitrogens is 6. The van der Waals surface area contributed by atoms with Gasteiger partial charge in [0.1, 0.15) is 35.9 Å². The van der Waals surface area contributed by atoms with Gasteiger partial charge < -0.3 is 20.1 Å². The zero-order valence-electron chi connectivity index (χ0n) is 19.2. The Labute approximate surface area is 193 Å². The molecule has 172 valence electrons. The molecule has 11 heteroatoms. The number of anilines is 4. The highest BCUT2D eigenvalue weighted by atomic mass is 28.3. The van der Waals surface area contributed by atoms with Crippen LogP contribution in [0.2, 0.25) is 25.7 Å². The number of H-pyrrole nitrogens is 1. The number of rotatable bonds is 10. The van der Waals surface area contributed by atoms with Crippen molar-refractivity contribution in [1.29, 1.82) is 0 Å². The third kappa shape index (κ3) is 6.02. The molecule has 0 amide bonds. The molecule has 0 atom stereocenters. The molecule has 4 aromatic rings. The fraction of sp³-hybridized carbons (Fsp3) is 0.318. The van der Waals surface area contributed by atoms with Crippen LogP contribution >= 0.6 is 0 Å². The van der Waals surface area contributed by atoms with Crippen molar-refractivity contribution < 1.29 is 9.47 Å². The van der Waals surface area contributed by atoms with E-state index < -0.39 is 8.07 Å². The Balaban J connectivity index is 1.52. The summed E-state index contributed by atoms with van der Waals surface area (Å²) < 4.78 is 11.5. The Morgan fingerprint density at radius 3 is 2.48 bits per heavy atom. The summed E-state index contributed by atoms with van der Waals surface area (Å²) in [6, 6.07) is 8.58. The summed E-state index contributed by atoms with van der Waals surface area (Å²) in [5.74, 6) is 2.52. The number of hydrogen-bond donors (Lipinski definition) is 3. The lowest BCUT2D eigenvalue weighted by molar-refractivity contribution is 0.131. The van der Waals surface area contributed by atoms with Gasteiger partial charge in [-0.2, -0.15) is 5.10 Å². The molecule has 0 unspecified atom stereocenters. The quantitative estimate of drug-likeness (QED) is 0.230. The minimum absolute atomic E-state index is 0.455. The van der Waals surface area contributed by atoms with Gasteiger partial charge in [-0.15, -0.1) is 0 Å². The highest BCUT2D eigenvalue weighted by Gasteiger charge is 2.15. The molecule has 0 aliphatic heterocycles. The van der Waals surface area contributed by atoms with Crippen LogP contribution in [0.15, 0.2) is 43.1 Å². The van der Waals surface area contributed by atoms with Crippen LogP contribution in [0, 0.1) is 0 Å². The van der Waals surface area contributed by atoms with Gasteiger partial charge in [-0.25, -0.2) is 19.9 Å². The van der Waals surface area contributed by atoms with Crippen LogP contribution in [0.3, 0.4) is 0 Å². The summed E-state index contributed by atoms with van der Waals surface area (Å²) in [7, 11) is 0.499. The number of hydrogen-bond acceptors (Lipinski definition) is 9. The van der Waals surface area contributed by atoms with E-state index in [0.29, 0.717) is 29.8 Å². The number of nitrogens with zero attached hydrogens (tertiary/aromatic N) is 5. The molecule has 0 saturated carbocycles. The molecular weight excluding hydrogens is 436 g/mol. The summed E-state index contributed by atoms with van der Waals surface area (Å²) in [6.45, 7) is 8.22. The van der Waals surface area contributed by atoms with E-state index in [2.05, 4.69) is 60.4 Å². The van der Waals surface area contributed by atoms with E-state index in [-0.39, 0.29) is 0 Å². The Morgan fingerprint density at radius 2 is 1.76 bits per heavy atom. The lowest BCUT2D eigenvalue weighted by Crippen LogP contribution is -2.21. The lowest BCUT2D eigenvalue weighted by Gasteiger charge is -2.15. The zero-order valence-corrected chi connectivity index (χ0v) is 20.2. The third-order valence-corrected chi connectivity index (χ3v) is 6.67. The van der Waals surface area contributed by atoms with Crippen LogP contribution in [0.4, 0.5) is 23.1 Å². The second kappa shape index (κ2) is 9.92. The number of aromatic amines is 1.